The van der Waals surface area contributed by atoms with Gasteiger partial charge in [-0.1, -0.05) is 0 Å². The maximum atomic E-state index is 5.28. The summed E-state index contributed by atoms with van der Waals surface area (Å²) in [6.45, 7) is 0. The highest BCUT2D eigenvalue weighted by atomic mass is 16.5. The van der Waals surface area contributed by atoms with Crippen molar-refractivity contribution in [2.45, 2.75) is 0 Å². The molecule has 0 atom stereocenters. The van der Waals surface area contributed by atoms with E-state index in [1.807, 2.05) is 24.3 Å². The molecule has 1 N–H and O–H groups in total. The fraction of sp³-hybridized carbons (Fsp3) is 0.182. The van der Waals surface area contributed by atoms with Gasteiger partial charge in [0.05, 0.1) is 19.9 Å². The van der Waals surface area contributed by atoms with Gasteiger partial charge in [-0.3, -0.25) is 5.10 Å². The monoisotopic (exact) mass is 204 g/mol. The lowest BCUT2D eigenvalue weighted by Crippen LogP contribution is -1.90. The molecule has 2 rings (SSSR count). The largest absolute Gasteiger partial charge is 0.497 e. The average molecular weight is 204 g/mol. The molecule has 4 nitrogen and oxygen atoms in total. The molecule has 15 heavy (non-hydrogen) atoms. The summed E-state index contributed by atoms with van der Waals surface area (Å²) in [7, 11) is 3.26. The Morgan fingerprint density at radius 1 is 1.13 bits per heavy atom. The molecule has 1 heterocycles. The van der Waals surface area contributed by atoms with Gasteiger partial charge in [0.1, 0.15) is 11.5 Å². The van der Waals surface area contributed by atoms with Gasteiger partial charge in [0.2, 0.25) is 0 Å². The molecule has 78 valence electrons. The van der Waals surface area contributed by atoms with E-state index in [-0.39, 0.29) is 0 Å². The molecule has 0 bridgehead atoms. The summed E-state index contributed by atoms with van der Waals surface area (Å²) < 4.78 is 10.4. The van der Waals surface area contributed by atoms with E-state index in [1.54, 1.807) is 20.4 Å². The summed E-state index contributed by atoms with van der Waals surface area (Å²) >= 11 is 0. The van der Waals surface area contributed by atoms with E-state index in [1.165, 1.54) is 0 Å². The maximum absolute atomic E-state index is 5.28. The number of rotatable bonds is 3. The average Bonchev–Trinajstić information content (AvgIpc) is 2.81. The van der Waals surface area contributed by atoms with Gasteiger partial charge in [0, 0.05) is 17.8 Å². The zero-order valence-corrected chi connectivity index (χ0v) is 8.65. The first-order valence-corrected chi connectivity index (χ1v) is 4.57. The standard InChI is InChI=1S/C11H12N2O2/c1-14-8-3-4-9(11(7-8)15-2)10-5-6-12-13-10/h3-7H,1-2H3,(H,12,13). The molecular formula is C11H12N2O2. The Labute approximate surface area is 87.8 Å². The van der Waals surface area contributed by atoms with Crippen molar-refractivity contribution in [3.63, 3.8) is 0 Å². The van der Waals surface area contributed by atoms with Crippen LogP contribution in [0, 0.1) is 0 Å². The lowest BCUT2D eigenvalue weighted by Gasteiger charge is -2.08. The molecule has 2 aromatic rings. The van der Waals surface area contributed by atoms with Crippen LogP contribution in [0.25, 0.3) is 11.3 Å². The van der Waals surface area contributed by atoms with Crippen LogP contribution in [-0.2, 0) is 0 Å². The van der Waals surface area contributed by atoms with E-state index in [2.05, 4.69) is 10.2 Å². The second-order valence-electron chi connectivity index (χ2n) is 3.04. The molecule has 0 aliphatic rings. The Hall–Kier alpha value is -1.97. The quantitative estimate of drug-likeness (QED) is 0.832. The highest BCUT2D eigenvalue weighted by molar-refractivity contribution is 5.68. The van der Waals surface area contributed by atoms with Crippen molar-refractivity contribution in [1.82, 2.24) is 10.2 Å². The number of aromatic amines is 1. The number of nitrogens with zero attached hydrogens (tertiary/aromatic N) is 1. The Balaban J connectivity index is 2.48. The highest BCUT2D eigenvalue weighted by Crippen LogP contribution is 2.31. The van der Waals surface area contributed by atoms with Crippen molar-refractivity contribution in [2.24, 2.45) is 0 Å². The third-order valence-electron chi connectivity index (χ3n) is 2.20. The topological polar surface area (TPSA) is 47.1 Å². The van der Waals surface area contributed by atoms with Crippen molar-refractivity contribution >= 4 is 0 Å². The fourth-order valence-electron chi connectivity index (χ4n) is 1.43. The van der Waals surface area contributed by atoms with Gasteiger partial charge in [0.15, 0.2) is 0 Å². The van der Waals surface area contributed by atoms with Crippen LogP contribution in [0.15, 0.2) is 30.5 Å². The number of ether oxygens (including phenoxy) is 2. The third kappa shape index (κ3) is 1.79. The zero-order valence-electron chi connectivity index (χ0n) is 8.65. The SMILES string of the molecule is COc1ccc(-c2ccn[nH]2)c(OC)c1. The Morgan fingerprint density at radius 3 is 2.60 bits per heavy atom. The minimum atomic E-state index is 0.763. The summed E-state index contributed by atoms with van der Waals surface area (Å²) in [6.07, 6.45) is 1.71. The van der Waals surface area contributed by atoms with Crippen LogP contribution in [0.3, 0.4) is 0 Å². The molecule has 0 radical (unpaired) electrons. The van der Waals surface area contributed by atoms with Crippen molar-refractivity contribution in [1.29, 1.82) is 0 Å². The first kappa shape index (κ1) is 9.58. The summed E-state index contributed by atoms with van der Waals surface area (Å²) in [4.78, 5) is 0. The maximum Gasteiger partial charge on any atom is 0.131 e. The minimum absolute atomic E-state index is 0.763. The number of nitrogens with one attached hydrogen (secondary N) is 1. The van der Waals surface area contributed by atoms with Gasteiger partial charge in [-0.25, -0.2) is 0 Å². The second-order valence-corrected chi connectivity index (χ2v) is 3.04. The molecule has 0 spiro atoms. The van der Waals surface area contributed by atoms with E-state index in [0.717, 1.165) is 22.8 Å². The van der Waals surface area contributed by atoms with Crippen LogP contribution < -0.4 is 9.47 Å². The summed E-state index contributed by atoms with van der Waals surface area (Å²) in [5, 5.41) is 6.80. The molecule has 0 aliphatic heterocycles. The number of H-pyrrole nitrogens is 1. The second kappa shape index (κ2) is 4.04. The lowest BCUT2D eigenvalue weighted by molar-refractivity contribution is 0.395. The van der Waals surface area contributed by atoms with E-state index in [9.17, 15) is 0 Å². The summed E-state index contributed by atoms with van der Waals surface area (Å²) in [6, 6.07) is 7.56. The molecule has 1 aromatic heterocycles. The van der Waals surface area contributed by atoms with Crippen LogP contribution in [0.1, 0.15) is 0 Å². The van der Waals surface area contributed by atoms with E-state index in [4.69, 9.17) is 9.47 Å². The third-order valence-corrected chi connectivity index (χ3v) is 2.20. The Morgan fingerprint density at radius 2 is 2.00 bits per heavy atom. The normalized spacial score (nSPS) is 10.0. The van der Waals surface area contributed by atoms with E-state index < -0.39 is 0 Å². The smallest absolute Gasteiger partial charge is 0.131 e. The van der Waals surface area contributed by atoms with E-state index in [0.29, 0.717) is 0 Å². The molecule has 0 aliphatic carbocycles. The number of methoxy groups -OCH3 is 2. The van der Waals surface area contributed by atoms with Gasteiger partial charge >= 0.3 is 0 Å². The van der Waals surface area contributed by atoms with Crippen LogP contribution in [0.4, 0.5) is 0 Å². The van der Waals surface area contributed by atoms with Crippen molar-refractivity contribution in [3.05, 3.63) is 30.5 Å². The van der Waals surface area contributed by atoms with Gasteiger partial charge in [-0.2, -0.15) is 5.10 Å². The summed E-state index contributed by atoms with van der Waals surface area (Å²) in [5.41, 5.74) is 1.89. The van der Waals surface area contributed by atoms with Gasteiger partial charge in [0.25, 0.3) is 0 Å². The molecular weight excluding hydrogens is 192 g/mol. The van der Waals surface area contributed by atoms with Gasteiger partial charge in [-0.15, -0.1) is 0 Å². The number of hydrogen-bond acceptors (Lipinski definition) is 3. The molecule has 0 amide bonds. The Kier molecular flexibility index (Phi) is 2.58. The fourth-order valence-corrected chi connectivity index (χ4v) is 1.43. The van der Waals surface area contributed by atoms with Gasteiger partial charge < -0.3 is 9.47 Å². The van der Waals surface area contributed by atoms with Crippen LogP contribution in [0.2, 0.25) is 0 Å². The van der Waals surface area contributed by atoms with Crippen LogP contribution in [-0.4, -0.2) is 24.4 Å². The van der Waals surface area contributed by atoms with Crippen LogP contribution in [0.5, 0.6) is 11.5 Å². The van der Waals surface area contributed by atoms with Crippen molar-refractivity contribution in [2.75, 3.05) is 14.2 Å². The predicted octanol–water partition coefficient (Wildman–Crippen LogP) is 2.09. The molecule has 1 aromatic carbocycles. The first-order chi connectivity index (χ1) is 7.35. The number of hydrogen-bond donors (Lipinski definition) is 1. The lowest BCUT2D eigenvalue weighted by atomic mass is 10.1. The predicted molar refractivity (Wildman–Crippen MR) is 57.1 cm³/mol. The van der Waals surface area contributed by atoms with Crippen molar-refractivity contribution in [3.8, 4) is 22.8 Å². The zero-order chi connectivity index (χ0) is 10.7. The van der Waals surface area contributed by atoms with Gasteiger partial charge in [-0.05, 0) is 18.2 Å². The Bertz CT molecular complexity index is 438. The molecule has 0 fully saturated rings. The number of aromatic nitrogens is 2. The van der Waals surface area contributed by atoms with E-state index >= 15 is 0 Å². The molecule has 0 saturated carbocycles. The number of benzene rings is 1. The molecule has 0 saturated heterocycles. The van der Waals surface area contributed by atoms with Crippen molar-refractivity contribution < 1.29 is 9.47 Å². The minimum Gasteiger partial charge on any atom is -0.497 e. The summed E-state index contributed by atoms with van der Waals surface area (Å²) in [5.74, 6) is 1.54. The highest BCUT2D eigenvalue weighted by Gasteiger charge is 2.07. The van der Waals surface area contributed by atoms with Crippen LogP contribution >= 0.6 is 0 Å². The first-order valence-electron chi connectivity index (χ1n) is 4.57. The molecule has 4 heteroatoms. The molecule has 0 unspecified atom stereocenters.